The van der Waals surface area contributed by atoms with Gasteiger partial charge in [-0.3, -0.25) is 9.59 Å². The third kappa shape index (κ3) is 7.54. The molecule has 0 aliphatic rings. The molecule has 0 radical (unpaired) electrons. The molecule has 1 aromatic heterocycles. The highest BCUT2D eigenvalue weighted by molar-refractivity contribution is 5.94. The van der Waals surface area contributed by atoms with Crippen molar-refractivity contribution in [2.24, 2.45) is 4.99 Å². The Morgan fingerprint density at radius 3 is 2.40 bits per heavy atom. The van der Waals surface area contributed by atoms with Crippen molar-refractivity contribution in [3.8, 4) is 0 Å². The van der Waals surface area contributed by atoms with Crippen molar-refractivity contribution in [3.05, 3.63) is 59.3 Å². The van der Waals surface area contributed by atoms with Crippen molar-refractivity contribution < 1.29 is 9.59 Å². The summed E-state index contributed by atoms with van der Waals surface area (Å²) in [5.41, 5.74) is 2.68. The summed E-state index contributed by atoms with van der Waals surface area (Å²) in [6, 6.07) is 11.1. The van der Waals surface area contributed by atoms with Crippen LogP contribution in [0, 0.1) is 6.92 Å². The number of amides is 2. The first-order chi connectivity index (χ1) is 14.4. The lowest BCUT2D eigenvalue weighted by Gasteiger charge is -2.12. The first-order valence-electron chi connectivity index (χ1n) is 9.94. The van der Waals surface area contributed by atoms with E-state index in [1.807, 2.05) is 32.0 Å². The molecule has 2 rings (SSSR count). The number of pyridine rings is 1. The second-order valence-electron chi connectivity index (χ2n) is 7.04. The second-order valence-corrected chi connectivity index (χ2v) is 7.04. The molecule has 0 aliphatic heterocycles. The molecule has 0 aliphatic carbocycles. The van der Waals surface area contributed by atoms with E-state index in [1.165, 1.54) is 0 Å². The largest absolute Gasteiger partial charge is 0.357 e. The summed E-state index contributed by atoms with van der Waals surface area (Å²) in [5, 5.41) is 9.09. The van der Waals surface area contributed by atoms with Crippen LogP contribution in [0.25, 0.3) is 0 Å². The third-order valence-corrected chi connectivity index (χ3v) is 4.19. The van der Waals surface area contributed by atoms with Crippen LogP contribution >= 0.6 is 0 Å². The zero-order chi connectivity index (χ0) is 21.9. The van der Waals surface area contributed by atoms with Crippen molar-refractivity contribution >= 4 is 23.6 Å². The molecule has 0 unspecified atom stereocenters. The van der Waals surface area contributed by atoms with Crippen LogP contribution in [-0.2, 0) is 11.3 Å². The van der Waals surface area contributed by atoms with Crippen LogP contribution in [0.5, 0.6) is 0 Å². The zero-order valence-corrected chi connectivity index (χ0v) is 18.0. The van der Waals surface area contributed by atoms with Gasteiger partial charge >= 0.3 is 0 Å². The molecule has 0 saturated carbocycles. The second kappa shape index (κ2) is 11.5. The number of anilines is 1. The SMILES string of the molecule is CCNC(=NCc1ccc(C(=O)N(C)C)cc1)NCCC(=O)Nc1ccc(C)cn1. The van der Waals surface area contributed by atoms with E-state index in [2.05, 4.69) is 25.9 Å². The lowest BCUT2D eigenvalue weighted by molar-refractivity contribution is -0.116. The fourth-order valence-electron chi connectivity index (χ4n) is 2.56. The minimum atomic E-state index is -0.115. The number of benzene rings is 1. The molecule has 30 heavy (non-hydrogen) atoms. The summed E-state index contributed by atoms with van der Waals surface area (Å²) >= 11 is 0. The number of nitrogens with zero attached hydrogens (tertiary/aromatic N) is 3. The minimum Gasteiger partial charge on any atom is -0.357 e. The van der Waals surface area contributed by atoms with Gasteiger partial charge in [0.1, 0.15) is 5.82 Å². The summed E-state index contributed by atoms with van der Waals surface area (Å²) in [6.07, 6.45) is 2.01. The number of carbonyl (C=O) groups is 2. The average Bonchev–Trinajstić information content (AvgIpc) is 2.73. The Balaban J connectivity index is 1.84. The Hall–Kier alpha value is -3.42. The standard InChI is InChI=1S/C22H30N6O2/c1-5-23-22(24-13-12-20(29)27-19-11-6-16(2)14-25-19)26-15-17-7-9-18(10-8-17)21(30)28(3)4/h6-11,14H,5,12-13,15H2,1-4H3,(H2,23,24,26)(H,25,27,29). The summed E-state index contributed by atoms with van der Waals surface area (Å²) in [6.45, 7) is 5.54. The van der Waals surface area contributed by atoms with Crippen molar-refractivity contribution in [3.63, 3.8) is 0 Å². The number of nitrogens with one attached hydrogen (secondary N) is 3. The number of hydrogen-bond acceptors (Lipinski definition) is 4. The summed E-state index contributed by atoms with van der Waals surface area (Å²) in [5.74, 6) is 1.03. The van der Waals surface area contributed by atoms with Gasteiger partial charge in [0.2, 0.25) is 5.91 Å². The fourth-order valence-corrected chi connectivity index (χ4v) is 2.56. The maximum atomic E-state index is 12.1. The van der Waals surface area contributed by atoms with E-state index in [1.54, 1.807) is 43.4 Å². The molecule has 1 aromatic carbocycles. The van der Waals surface area contributed by atoms with Crippen LogP contribution in [-0.4, -0.2) is 54.8 Å². The van der Waals surface area contributed by atoms with Gasteiger partial charge in [0.05, 0.1) is 6.54 Å². The quantitative estimate of drug-likeness (QED) is 0.458. The van der Waals surface area contributed by atoms with Crippen LogP contribution in [0.4, 0.5) is 5.82 Å². The third-order valence-electron chi connectivity index (χ3n) is 4.19. The fraction of sp³-hybridized carbons (Fsp3) is 0.364. The monoisotopic (exact) mass is 410 g/mol. The highest BCUT2D eigenvalue weighted by Gasteiger charge is 2.07. The molecule has 3 N–H and O–H groups in total. The van der Waals surface area contributed by atoms with Crippen molar-refractivity contribution in [1.82, 2.24) is 20.5 Å². The van der Waals surface area contributed by atoms with Crippen molar-refractivity contribution in [2.45, 2.75) is 26.8 Å². The number of aliphatic imine (C=N–C) groups is 1. The average molecular weight is 411 g/mol. The van der Waals surface area contributed by atoms with Gasteiger partial charge in [-0.05, 0) is 43.2 Å². The molecule has 8 heteroatoms. The highest BCUT2D eigenvalue weighted by Crippen LogP contribution is 2.08. The van der Waals surface area contributed by atoms with Crippen LogP contribution < -0.4 is 16.0 Å². The van der Waals surface area contributed by atoms with Crippen LogP contribution in [0.1, 0.15) is 34.8 Å². The van der Waals surface area contributed by atoms with Gasteiger partial charge in [-0.1, -0.05) is 18.2 Å². The first-order valence-corrected chi connectivity index (χ1v) is 9.94. The van der Waals surface area contributed by atoms with E-state index >= 15 is 0 Å². The maximum Gasteiger partial charge on any atom is 0.253 e. The van der Waals surface area contributed by atoms with Crippen molar-refractivity contribution in [2.75, 3.05) is 32.5 Å². The highest BCUT2D eigenvalue weighted by atomic mass is 16.2. The van der Waals surface area contributed by atoms with Crippen LogP contribution in [0.15, 0.2) is 47.6 Å². The lowest BCUT2D eigenvalue weighted by Crippen LogP contribution is -2.38. The lowest BCUT2D eigenvalue weighted by atomic mass is 10.1. The number of guanidine groups is 1. The normalized spacial score (nSPS) is 11.0. The molecule has 2 aromatic rings. The first kappa shape index (κ1) is 22.9. The van der Waals surface area contributed by atoms with E-state index in [0.717, 1.165) is 11.1 Å². The van der Waals surface area contributed by atoms with E-state index < -0.39 is 0 Å². The minimum absolute atomic E-state index is 0.0285. The van der Waals surface area contributed by atoms with Gasteiger partial charge in [0, 0.05) is 45.4 Å². The molecule has 0 bridgehead atoms. The van der Waals surface area contributed by atoms with Gasteiger partial charge in [0.15, 0.2) is 5.96 Å². The van der Waals surface area contributed by atoms with E-state index in [0.29, 0.717) is 43.4 Å². The Morgan fingerprint density at radius 1 is 1.07 bits per heavy atom. The number of aryl methyl sites for hydroxylation is 1. The summed E-state index contributed by atoms with van der Waals surface area (Å²) in [7, 11) is 3.46. The number of carbonyl (C=O) groups excluding carboxylic acids is 2. The van der Waals surface area contributed by atoms with Gasteiger partial charge < -0.3 is 20.9 Å². The number of hydrogen-bond donors (Lipinski definition) is 3. The smallest absolute Gasteiger partial charge is 0.253 e. The molecule has 0 saturated heterocycles. The van der Waals surface area contributed by atoms with Gasteiger partial charge in [-0.15, -0.1) is 0 Å². The van der Waals surface area contributed by atoms with E-state index in [4.69, 9.17) is 0 Å². The van der Waals surface area contributed by atoms with Gasteiger partial charge in [0.25, 0.3) is 5.91 Å². The Kier molecular flexibility index (Phi) is 8.80. The van der Waals surface area contributed by atoms with Gasteiger partial charge in [-0.25, -0.2) is 9.98 Å². The Morgan fingerprint density at radius 2 is 1.80 bits per heavy atom. The Bertz CT molecular complexity index is 860. The summed E-state index contributed by atoms with van der Waals surface area (Å²) in [4.78, 5) is 34.3. The Labute approximate surface area is 177 Å². The molecule has 160 valence electrons. The topological polar surface area (TPSA) is 98.7 Å². The molecule has 2 amide bonds. The molecule has 0 atom stereocenters. The molecule has 0 spiro atoms. The summed E-state index contributed by atoms with van der Waals surface area (Å²) < 4.78 is 0. The predicted octanol–water partition coefficient (Wildman–Crippen LogP) is 2.18. The molecule has 0 fully saturated rings. The molecule has 1 heterocycles. The van der Waals surface area contributed by atoms with Crippen LogP contribution in [0.3, 0.4) is 0 Å². The number of rotatable bonds is 8. The van der Waals surface area contributed by atoms with E-state index in [9.17, 15) is 9.59 Å². The van der Waals surface area contributed by atoms with Crippen molar-refractivity contribution in [1.29, 1.82) is 0 Å². The van der Waals surface area contributed by atoms with Crippen LogP contribution in [0.2, 0.25) is 0 Å². The number of aromatic nitrogens is 1. The predicted molar refractivity (Wildman–Crippen MR) is 119 cm³/mol. The molecular formula is C22H30N6O2. The van der Waals surface area contributed by atoms with E-state index in [-0.39, 0.29) is 11.8 Å². The zero-order valence-electron chi connectivity index (χ0n) is 18.0. The molecular weight excluding hydrogens is 380 g/mol. The molecule has 8 nitrogen and oxygen atoms in total. The maximum absolute atomic E-state index is 12.1. The van der Waals surface area contributed by atoms with Gasteiger partial charge in [-0.2, -0.15) is 0 Å².